The fourth-order valence-electron chi connectivity index (χ4n) is 3.19. The molecule has 0 aliphatic rings. The third-order valence-electron chi connectivity index (χ3n) is 4.93. The highest BCUT2D eigenvalue weighted by atomic mass is 32.2. The Morgan fingerprint density at radius 2 is 1.94 bits per heavy atom. The van der Waals surface area contributed by atoms with E-state index in [0.29, 0.717) is 31.3 Å². The number of primary sulfonamides is 1. The Morgan fingerprint density at radius 1 is 1.23 bits per heavy atom. The van der Waals surface area contributed by atoms with Crippen LogP contribution < -0.4 is 5.14 Å². The van der Waals surface area contributed by atoms with E-state index in [-0.39, 0.29) is 16.5 Å². The fourth-order valence-corrected chi connectivity index (χ4v) is 3.71. The van der Waals surface area contributed by atoms with Crippen molar-refractivity contribution in [1.29, 1.82) is 0 Å². The Kier molecular flexibility index (Phi) is 7.16. The summed E-state index contributed by atoms with van der Waals surface area (Å²) in [5.41, 5.74) is 1.10. The van der Waals surface area contributed by atoms with Crippen molar-refractivity contribution >= 4 is 10.0 Å². The average Bonchev–Trinajstić information content (AvgIpc) is 3.14. The van der Waals surface area contributed by atoms with E-state index in [9.17, 15) is 12.8 Å². The molecule has 0 amide bonds. The Bertz CT molecular complexity index is 1140. The quantitative estimate of drug-likeness (QED) is 0.540. The number of benzene rings is 2. The fraction of sp³-hybridized carbons (Fsp3) is 0.333. The molecular formula is C21H26FN5O3S. The summed E-state index contributed by atoms with van der Waals surface area (Å²) >= 11 is 0. The number of ether oxygens (including phenoxy) is 1. The van der Waals surface area contributed by atoms with Crippen LogP contribution in [0.25, 0.3) is 5.69 Å². The first kappa shape index (κ1) is 23.0. The molecule has 1 aromatic heterocycles. The average molecular weight is 448 g/mol. The third kappa shape index (κ3) is 5.53. The van der Waals surface area contributed by atoms with Crippen LogP contribution in [0.2, 0.25) is 0 Å². The van der Waals surface area contributed by atoms with Crippen LogP contribution in [-0.2, 0) is 21.3 Å². The van der Waals surface area contributed by atoms with E-state index < -0.39 is 15.8 Å². The topological polar surface area (TPSA) is 103 Å². The minimum atomic E-state index is -4.02. The minimum Gasteiger partial charge on any atom is -0.383 e. The predicted molar refractivity (Wildman–Crippen MR) is 115 cm³/mol. The molecule has 0 bridgehead atoms. The van der Waals surface area contributed by atoms with Crippen LogP contribution in [0.5, 0.6) is 0 Å². The molecule has 10 heteroatoms. The molecule has 0 radical (unpaired) electrons. The molecule has 0 aliphatic heterocycles. The van der Waals surface area contributed by atoms with Gasteiger partial charge in [-0.3, -0.25) is 4.90 Å². The van der Waals surface area contributed by atoms with Gasteiger partial charge in [0.25, 0.3) is 0 Å². The third-order valence-corrected chi connectivity index (χ3v) is 5.84. The number of likely N-dealkylation sites (N-methyl/N-ethyl adjacent to an activating group) is 1. The molecule has 1 heterocycles. The normalized spacial score (nSPS) is 13.0. The molecule has 2 aromatic carbocycles. The summed E-state index contributed by atoms with van der Waals surface area (Å²) in [5.74, 6) is 0.135. The standard InChI is InChI=1S/C21H26FN5O3S/c1-15(16-7-5-4-6-8-16)21-24-20(14-26(2)11-12-30-3)25-27(21)19-10-9-17(13-18(19)22)31(23,28)29/h4-10,13,15H,11-12,14H2,1-3H3,(H2,23,28,29). The van der Waals surface area contributed by atoms with Crippen LogP contribution in [0, 0.1) is 5.82 Å². The molecule has 0 spiro atoms. The highest BCUT2D eigenvalue weighted by Crippen LogP contribution is 2.27. The van der Waals surface area contributed by atoms with Gasteiger partial charge in [0.05, 0.1) is 18.0 Å². The lowest BCUT2D eigenvalue weighted by Crippen LogP contribution is -2.23. The molecule has 3 aromatic rings. The molecule has 31 heavy (non-hydrogen) atoms. The van der Waals surface area contributed by atoms with Gasteiger partial charge in [-0.2, -0.15) is 0 Å². The van der Waals surface area contributed by atoms with E-state index in [2.05, 4.69) is 10.1 Å². The monoisotopic (exact) mass is 447 g/mol. The SMILES string of the molecule is COCCN(C)Cc1nc(C(C)c2ccccc2)n(-c2ccc(S(N)(=O)=O)cc2F)n1. The van der Waals surface area contributed by atoms with Crippen molar-refractivity contribution in [3.63, 3.8) is 0 Å². The second kappa shape index (κ2) is 9.65. The van der Waals surface area contributed by atoms with Gasteiger partial charge in [0.15, 0.2) is 5.82 Å². The Labute approximate surface area is 181 Å². The number of nitrogens with two attached hydrogens (primary N) is 1. The molecule has 0 aliphatic carbocycles. The smallest absolute Gasteiger partial charge is 0.238 e. The van der Waals surface area contributed by atoms with Gasteiger partial charge in [-0.25, -0.2) is 27.6 Å². The second-order valence-electron chi connectivity index (χ2n) is 7.32. The maximum atomic E-state index is 14.9. The maximum Gasteiger partial charge on any atom is 0.238 e. The van der Waals surface area contributed by atoms with Gasteiger partial charge in [0, 0.05) is 19.6 Å². The molecular weight excluding hydrogens is 421 g/mol. The van der Waals surface area contributed by atoms with Crippen LogP contribution in [0.4, 0.5) is 4.39 Å². The van der Waals surface area contributed by atoms with Crippen molar-refractivity contribution in [3.8, 4) is 5.69 Å². The Balaban J connectivity index is 2.05. The summed E-state index contributed by atoms with van der Waals surface area (Å²) in [5, 5.41) is 9.65. The van der Waals surface area contributed by atoms with E-state index >= 15 is 0 Å². The Hall–Kier alpha value is -2.66. The van der Waals surface area contributed by atoms with Crippen molar-refractivity contribution < 1.29 is 17.5 Å². The summed E-state index contributed by atoms with van der Waals surface area (Å²) in [4.78, 5) is 6.38. The van der Waals surface area contributed by atoms with Gasteiger partial charge in [-0.05, 0) is 30.8 Å². The first-order valence-electron chi connectivity index (χ1n) is 9.71. The van der Waals surface area contributed by atoms with Crippen molar-refractivity contribution in [2.45, 2.75) is 24.3 Å². The summed E-state index contributed by atoms with van der Waals surface area (Å²) in [6.07, 6.45) is 0. The summed E-state index contributed by atoms with van der Waals surface area (Å²) < 4.78 is 44.6. The lowest BCUT2D eigenvalue weighted by molar-refractivity contribution is 0.157. The molecule has 0 saturated carbocycles. The Morgan fingerprint density at radius 3 is 2.55 bits per heavy atom. The van der Waals surface area contributed by atoms with Crippen molar-refractivity contribution in [1.82, 2.24) is 19.7 Å². The van der Waals surface area contributed by atoms with Gasteiger partial charge in [-0.1, -0.05) is 37.3 Å². The van der Waals surface area contributed by atoms with Crippen molar-refractivity contribution in [3.05, 3.63) is 71.6 Å². The van der Waals surface area contributed by atoms with Crippen LogP contribution in [0.1, 0.15) is 30.1 Å². The van der Waals surface area contributed by atoms with E-state index in [0.717, 1.165) is 11.6 Å². The lowest BCUT2D eigenvalue weighted by Gasteiger charge is -2.14. The zero-order valence-corrected chi connectivity index (χ0v) is 18.5. The van der Waals surface area contributed by atoms with Crippen molar-refractivity contribution in [2.24, 2.45) is 5.14 Å². The molecule has 8 nitrogen and oxygen atoms in total. The van der Waals surface area contributed by atoms with Gasteiger partial charge in [0.1, 0.15) is 17.3 Å². The molecule has 3 rings (SSSR count). The highest BCUT2D eigenvalue weighted by molar-refractivity contribution is 7.89. The number of rotatable bonds is 9. The number of methoxy groups -OCH3 is 1. The van der Waals surface area contributed by atoms with E-state index in [4.69, 9.17) is 9.88 Å². The highest BCUT2D eigenvalue weighted by Gasteiger charge is 2.22. The summed E-state index contributed by atoms with van der Waals surface area (Å²) in [7, 11) is -0.466. The first-order chi connectivity index (χ1) is 14.7. The summed E-state index contributed by atoms with van der Waals surface area (Å²) in [6.45, 7) is 3.66. The van der Waals surface area contributed by atoms with Gasteiger partial charge >= 0.3 is 0 Å². The van der Waals surface area contributed by atoms with Crippen LogP contribution in [-0.4, -0.2) is 55.4 Å². The molecule has 166 valence electrons. The van der Waals surface area contributed by atoms with E-state index in [1.807, 2.05) is 49.2 Å². The second-order valence-corrected chi connectivity index (χ2v) is 8.88. The van der Waals surface area contributed by atoms with Crippen LogP contribution in [0.15, 0.2) is 53.4 Å². The zero-order valence-electron chi connectivity index (χ0n) is 17.7. The van der Waals surface area contributed by atoms with Gasteiger partial charge < -0.3 is 4.74 Å². The van der Waals surface area contributed by atoms with Gasteiger partial charge in [0.2, 0.25) is 10.0 Å². The molecule has 0 fully saturated rings. The predicted octanol–water partition coefficient (Wildman–Crippen LogP) is 2.28. The van der Waals surface area contributed by atoms with Crippen LogP contribution >= 0.6 is 0 Å². The van der Waals surface area contributed by atoms with E-state index in [1.54, 1.807) is 7.11 Å². The minimum absolute atomic E-state index is 0.100. The number of nitrogens with zero attached hydrogens (tertiary/aromatic N) is 4. The summed E-state index contributed by atoms with van der Waals surface area (Å²) in [6, 6.07) is 13.2. The molecule has 0 saturated heterocycles. The maximum absolute atomic E-state index is 14.9. The zero-order chi connectivity index (χ0) is 22.6. The molecule has 1 atom stereocenters. The molecule has 1 unspecified atom stereocenters. The number of aromatic nitrogens is 3. The van der Waals surface area contributed by atoms with E-state index in [1.165, 1.54) is 16.8 Å². The molecule has 2 N–H and O–H groups in total. The number of hydrogen-bond donors (Lipinski definition) is 1. The van der Waals surface area contributed by atoms with Crippen molar-refractivity contribution in [2.75, 3.05) is 27.3 Å². The largest absolute Gasteiger partial charge is 0.383 e. The van der Waals surface area contributed by atoms with Crippen LogP contribution in [0.3, 0.4) is 0 Å². The lowest BCUT2D eigenvalue weighted by atomic mass is 10.0. The number of hydrogen-bond acceptors (Lipinski definition) is 6. The van der Waals surface area contributed by atoms with Gasteiger partial charge in [-0.15, -0.1) is 5.10 Å². The number of sulfonamides is 1. The first-order valence-corrected chi connectivity index (χ1v) is 11.3. The number of halogens is 1.